The summed E-state index contributed by atoms with van der Waals surface area (Å²) in [5, 5.41) is 1.39. The SMILES string of the molecule is CCn1c(=O)n(C2CC2)c(=O)c2c(C)c(CN(NC(=O)OC(C)(C)C)C(N)=O)sc21. The lowest BCUT2D eigenvalue weighted by molar-refractivity contribution is 0.0376. The molecule has 1 aliphatic rings. The first-order valence-electron chi connectivity index (χ1n) is 9.78. The number of amides is 3. The summed E-state index contributed by atoms with van der Waals surface area (Å²) in [4.78, 5) is 51.0. The minimum absolute atomic E-state index is 0.0501. The van der Waals surface area contributed by atoms with Gasteiger partial charge < -0.3 is 10.5 Å². The van der Waals surface area contributed by atoms with Crippen molar-refractivity contribution in [3.05, 3.63) is 31.3 Å². The largest absolute Gasteiger partial charge is 0.443 e. The number of nitrogens with one attached hydrogen (secondary N) is 1. The number of fused-ring (bicyclic) bond motifs is 1. The second kappa shape index (κ2) is 7.78. The number of hydrogen-bond donors (Lipinski definition) is 2. The van der Waals surface area contributed by atoms with Crippen LogP contribution >= 0.6 is 11.3 Å². The van der Waals surface area contributed by atoms with E-state index < -0.39 is 17.7 Å². The van der Waals surface area contributed by atoms with Crippen LogP contribution in [0.15, 0.2) is 9.59 Å². The van der Waals surface area contributed by atoms with E-state index >= 15 is 0 Å². The Kier molecular flexibility index (Phi) is 5.68. The van der Waals surface area contributed by atoms with Crippen LogP contribution in [-0.2, 0) is 17.8 Å². The summed E-state index contributed by atoms with van der Waals surface area (Å²) < 4.78 is 8.08. The van der Waals surface area contributed by atoms with Gasteiger partial charge in [-0.1, -0.05) is 0 Å². The second-order valence-electron chi connectivity index (χ2n) is 8.30. The molecule has 0 bridgehead atoms. The Morgan fingerprint density at radius 2 is 1.93 bits per heavy atom. The molecule has 2 aromatic rings. The molecule has 1 saturated carbocycles. The third-order valence-corrected chi connectivity index (χ3v) is 6.06. The smallest absolute Gasteiger partial charge is 0.426 e. The third-order valence-electron chi connectivity index (χ3n) is 4.76. The van der Waals surface area contributed by atoms with E-state index in [1.54, 1.807) is 32.3 Å². The molecule has 2 heterocycles. The molecule has 30 heavy (non-hydrogen) atoms. The fourth-order valence-corrected chi connectivity index (χ4v) is 4.56. The molecule has 10 nitrogen and oxygen atoms in total. The molecule has 0 saturated heterocycles. The number of ether oxygens (including phenoxy) is 1. The molecule has 0 atom stereocenters. The van der Waals surface area contributed by atoms with Gasteiger partial charge in [-0.25, -0.2) is 24.8 Å². The van der Waals surface area contributed by atoms with Crippen LogP contribution in [0.2, 0.25) is 0 Å². The van der Waals surface area contributed by atoms with Gasteiger partial charge in [0.05, 0.1) is 11.9 Å². The van der Waals surface area contributed by atoms with Crippen LogP contribution in [0.5, 0.6) is 0 Å². The molecule has 1 aliphatic carbocycles. The van der Waals surface area contributed by atoms with Crippen LogP contribution in [0.1, 0.15) is 57.0 Å². The van der Waals surface area contributed by atoms with Gasteiger partial charge in [0.25, 0.3) is 5.56 Å². The van der Waals surface area contributed by atoms with E-state index in [-0.39, 0.29) is 23.8 Å². The summed E-state index contributed by atoms with van der Waals surface area (Å²) in [5.74, 6) is 0. The Hall–Kier alpha value is -2.82. The van der Waals surface area contributed by atoms with Gasteiger partial charge >= 0.3 is 17.8 Å². The number of urea groups is 1. The molecule has 3 amide bonds. The van der Waals surface area contributed by atoms with Crippen molar-refractivity contribution in [3.8, 4) is 0 Å². The Labute approximate surface area is 177 Å². The van der Waals surface area contributed by atoms with Crippen molar-refractivity contribution in [2.24, 2.45) is 5.73 Å². The fraction of sp³-hybridized carbons (Fsp3) is 0.579. The summed E-state index contributed by atoms with van der Waals surface area (Å²) in [6.45, 7) is 9.07. The molecule has 0 radical (unpaired) electrons. The predicted octanol–water partition coefficient (Wildman–Crippen LogP) is 2.21. The van der Waals surface area contributed by atoms with E-state index in [1.807, 2.05) is 6.92 Å². The van der Waals surface area contributed by atoms with Crippen LogP contribution < -0.4 is 22.4 Å². The lowest BCUT2D eigenvalue weighted by atomic mass is 10.2. The van der Waals surface area contributed by atoms with Gasteiger partial charge in [-0.05, 0) is 53.0 Å². The molecule has 3 rings (SSSR count). The fourth-order valence-electron chi connectivity index (χ4n) is 3.22. The number of primary amides is 1. The maximum absolute atomic E-state index is 13.0. The quantitative estimate of drug-likeness (QED) is 0.709. The highest BCUT2D eigenvalue weighted by Gasteiger charge is 2.30. The van der Waals surface area contributed by atoms with Gasteiger partial charge in [0.15, 0.2) is 0 Å². The Morgan fingerprint density at radius 1 is 1.30 bits per heavy atom. The van der Waals surface area contributed by atoms with Gasteiger partial charge in [0.1, 0.15) is 10.4 Å². The van der Waals surface area contributed by atoms with Crippen LogP contribution in [0.4, 0.5) is 9.59 Å². The molecule has 11 heteroatoms. The highest BCUT2D eigenvalue weighted by molar-refractivity contribution is 7.18. The normalized spacial score (nSPS) is 14.0. The molecule has 0 aliphatic heterocycles. The summed E-state index contributed by atoms with van der Waals surface area (Å²) in [5.41, 5.74) is 7.05. The summed E-state index contributed by atoms with van der Waals surface area (Å²) >= 11 is 1.24. The van der Waals surface area contributed by atoms with E-state index in [0.717, 1.165) is 17.9 Å². The van der Waals surface area contributed by atoms with Gasteiger partial charge in [0, 0.05) is 17.5 Å². The number of carbonyl (C=O) groups is 2. The van der Waals surface area contributed by atoms with E-state index in [9.17, 15) is 19.2 Å². The van der Waals surface area contributed by atoms with E-state index in [2.05, 4.69) is 5.43 Å². The first-order valence-corrected chi connectivity index (χ1v) is 10.6. The second-order valence-corrected chi connectivity index (χ2v) is 9.39. The van der Waals surface area contributed by atoms with Crippen molar-refractivity contribution in [1.29, 1.82) is 0 Å². The number of thiophene rings is 1. The molecule has 0 unspecified atom stereocenters. The van der Waals surface area contributed by atoms with Crippen molar-refractivity contribution < 1.29 is 14.3 Å². The average molecular weight is 438 g/mol. The van der Waals surface area contributed by atoms with Crippen molar-refractivity contribution in [3.63, 3.8) is 0 Å². The number of carbonyl (C=O) groups excluding carboxylic acids is 2. The van der Waals surface area contributed by atoms with Crippen LogP contribution in [-0.4, -0.2) is 31.9 Å². The zero-order valence-electron chi connectivity index (χ0n) is 17.8. The van der Waals surface area contributed by atoms with E-state index in [4.69, 9.17) is 10.5 Å². The van der Waals surface area contributed by atoms with Crippen LogP contribution in [0.25, 0.3) is 10.2 Å². The molecular formula is C19H27N5O5S. The van der Waals surface area contributed by atoms with Gasteiger partial charge in [0.2, 0.25) is 0 Å². The minimum atomic E-state index is -0.874. The highest BCUT2D eigenvalue weighted by Crippen LogP contribution is 2.34. The first kappa shape index (κ1) is 21.9. The predicted molar refractivity (Wildman–Crippen MR) is 114 cm³/mol. The number of nitrogens with two attached hydrogens (primary N) is 1. The van der Waals surface area contributed by atoms with Crippen LogP contribution in [0, 0.1) is 6.92 Å². The Morgan fingerprint density at radius 3 is 2.43 bits per heavy atom. The standard InChI is InChI=1S/C19H27N5O5S/c1-6-22-15-13(14(25)24(18(22)28)11-7-8-11)10(2)12(30-15)9-23(16(20)26)21-17(27)29-19(3,4)5/h11H,6-9H2,1-5H3,(H2,20,26)(H,21,27). The average Bonchev–Trinajstić information content (AvgIpc) is 3.38. The summed E-state index contributed by atoms with van der Waals surface area (Å²) in [7, 11) is 0. The molecule has 0 spiro atoms. The lowest BCUT2D eigenvalue weighted by Gasteiger charge is -2.24. The van der Waals surface area contributed by atoms with Crippen molar-refractivity contribution in [2.45, 2.75) is 72.2 Å². The number of nitrogens with zero attached hydrogens (tertiary/aromatic N) is 3. The molecular weight excluding hydrogens is 410 g/mol. The zero-order chi connectivity index (χ0) is 22.4. The minimum Gasteiger partial charge on any atom is -0.443 e. The number of aromatic nitrogens is 2. The van der Waals surface area contributed by atoms with Gasteiger partial charge in [-0.3, -0.25) is 13.9 Å². The lowest BCUT2D eigenvalue weighted by Crippen LogP contribution is -2.49. The molecule has 164 valence electrons. The Balaban J connectivity index is 2.01. The number of rotatable bonds is 4. The molecule has 2 aromatic heterocycles. The van der Waals surface area contributed by atoms with Gasteiger partial charge in [-0.2, -0.15) is 0 Å². The third kappa shape index (κ3) is 4.20. The van der Waals surface area contributed by atoms with Crippen molar-refractivity contribution in [2.75, 3.05) is 0 Å². The van der Waals surface area contributed by atoms with Gasteiger partial charge in [-0.15, -0.1) is 11.3 Å². The monoisotopic (exact) mass is 437 g/mol. The van der Waals surface area contributed by atoms with E-state index in [1.165, 1.54) is 15.9 Å². The molecule has 0 aromatic carbocycles. The van der Waals surface area contributed by atoms with Crippen molar-refractivity contribution in [1.82, 2.24) is 19.6 Å². The van der Waals surface area contributed by atoms with Crippen molar-refractivity contribution >= 4 is 33.7 Å². The highest BCUT2D eigenvalue weighted by atomic mass is 32.1. The topological polar surface area (TPSA) is 129 Å². The summed E-state index contributed by atoms with van der Waals surface area (Å²) in [6.07, 6.45) is 0.812. The van der Waals surface area contributed by atoms with E-state index in [0.29, 0.717) is 27.2 Å². The summed E-state index contributed by atoms with van der Waals surface area (Å²) in [6, 6.07) is -0.924. The molecule has 1 fully saturated rings. The number of aryl methyl sites for hydroxylation is 2. The zero-order valence-corrected chi connectivity index (χ0v) is 18.6. The number of hydrogen-bond acceptors (Lipinski definition) is 6. The number of hydrazine groups is 1. The maximum atomic E-state index is 13.0. The van der Waals surface area contributed by atoms with Crippen LogP contribution in [0.3, 0.4) is 0 Å². The Bertz CT molecular complexity index is 1120. The molecule has 3 N–H and O–H groups in total. The maximum Gasteiger partial charge on any atom is 0.426 e. The first-order chi connectivity index (χ1) is 13.9.